The van der Waals surface area contributed by atoms with Crippen LogP contribution in [0.3, 0.4) is 0 Å². The van der Waals surface area contributed by atoms with Crippen LogP contribution in [0.2, 0.25) is 20.1 Å². The van der Waals surface area contributed by atoms with Gasteiger partial charge in [0, 0.05) is 78.7 Å². The lowest BCUT2D eigenvalue weighted by Crippen LogP contribution is -2.48. The zero-order valence-electron chi connectivity index (χ0n) is 31.1. The van der Waals surface area contributed by atoms with Gasteiger partial charge in [-0.25, -0.2) is 26.8 Å². The summed E-state index contributed by atoms with van der Waals surface area (Å²) < 4.78 is 61.1. The first kappa shape index (κ1) is 44.1. The molecule has 0 spiro atoms. The summed E-state index contributed by atoms with van der Waals surface area (Å²) in [7, 11) is -5.77. The summed E-state index contributed by atoms with van der Waals surface area (Å²) in [6.07, 6.45) is 0. The Labute approximate surface area is 379 Å². The van der Waals surface area contributed by atoms with Crippen molar-refractivity contribution in [3.63, 3.8) is 0 Å². The summed E-state index contributed by atoms with van der Waals surface area (Å²) in [6.45, 7) is 3.61. The molecule has 2 saturated heterocycles. The number of hydrogen-bond acceptors (Lipinski definition) is 11. The van der Waals surface area contributed by atoms with Gasteiger partial charge in [-0.3, -0.25) is 0 Å². The maximum atomic E-state index is 13.0. The molecule has 2 aliphatic rings. The molecule has 2 fully saturated rings. The average molecular weight is 1020 g/mol. The van der Waals surface area contributed by atoms with Crippen LogP contribution in [0.4, 0.5) is 10.3 Å². The molecule has 20 heteroatoms. The van der Waals surface area contributed by atoms with Crippen molar-refractivity contribution in [2.45, 2.75) is 9.79 Å². The first-order valence-electron chi connectivity index (χ1n) is 18.0. The number of ether oxygens (including phenoxy) is 1. The van der Waals surface area contributed by atoms with E-state index in [2.05, 4.69) is 25.7 Å². The van der Waals surface area contributed by atoms with Crippen LogP contribution in [0.1, 0.15) is 0 Å². The molecule has 0 radical (unpaired) electrons. The molecule has 0 bridgehead atoms. The van der Waals surface area contributed by atoms with Crippen LogP contribution >= 0.6 is 85.0 Å². The molecule has 2 aliphatic heterocycles. The van der Waals surface area contributed by atoms with E-state index in [1.54, 1.807) is 54.0 Å². The van der Waals surface area contributed by atoms with E-state index in [0.29, 0.717) is 52.4 Å². The highest BCUT2D eigenvalue weighted by atomic mass is 79.9. The van der Waals surface area contributed by atoms with Gasteiger partial charge in [0.15, 0.2) is 10.3 Å². The number of sulfonamides is 2. The molecule has 8 rings (SSSR count). The highest BCUT2D eigenvalue weighted by Gasteiger charge is 2.33. The van der Waals surface area contributed by atoms with Crippen molar-refractivity contribution in [3.8, 4) is 28.3 Å². The maximum Gasteiger partial charge on any atom is 0.244 e. The van der Waals surface area contributed by atoms with E-state index in [-0.39, 0.29) is 29.9 Å². The Bertz CT molecular complexity index is 2670. The van der Waals surface area contributed by atoms with Crippen molar-refractivity contribution in [1.82, 2.24) is 18.6 Å². The highest BCUT2D eigenvalue weighted by Crippen LogP contribution is 2.35. The SMILES string of the molecule is COc1cccc(-c2csc(N3CCN(S(=O)(=O)c4cccc(Cl)c4Cl)CC3)n2)c1.O=S(=O)(c1cccc(Cl)c1Cl)N1CCN(c2nc(-c3cccc(Br)c3)cs2)CC1. The van der Waals surface area contributed by atoms with E-state index in [9.17, 15) is 16.8 Å². The predicted molar refractivity (Wildman–Crippen MR) is 244 cm³/mol. The van der Waals surface area contributed by atoms with Crippen LogP contribution in [0.25, 0.3) is 22.5 Å². The summed E-state index contributed by atoms with van der Waals surface area (Å²) >= 11 is 30.8. The molecule has 0 unspecified atom stereocenters. The zero-order valence-corrected chi connectivity index (χ0v) is 39.0. The molecule has 0 atom stereocenters. The first-order chi connectivity index (χ1) is 28.3. The minimum atomic E-state index is -3.71. The molecule has 11 nitrogen and oxygen atoms in total. The Kier molecular flexibility index (Phi) is 14.2. The minimum absolute atomic E-state index is 0.0414. The standard InChI is InChI=1S/C20H19Cl2N3O3S2.C19H16BrCl2N3O2S2/c1-28-15-5-2-4-14(12-15)17-13-29-20(23-17)24-8-10-25(11-9-24)30(26,27)18-7-3-6-16(21)19(18)22;20-14-4-1-3-13(11-14)16-12-28-19(23-16)24-7-9-25(10-8-24)29(26,27)17-6-2-5-15(21)18(17)22/h2-7,12-13H,8-11H2,1H3;1-6,11-12H,7-10H2. The van der Waals surface area contributed by atoms with E-state index in [1.807, 2.05) is 59.3 Å². The largest absolute Gasteiger partial charge is 0.497 e. The molecule has 59 heavy (non-hydrogen) atoms. The monoisotopic (exact) mass is 1010 g/mol. The molecule has 0 aliphatic carbocycles. The Morgan fingerprint density at radius 3 is 1.46 bits per heavy atom. The number of aromatic nitrogens is 2. The van der Waals surface area contributed by atoms with Gasteiger partial charge < -0.3 is 14.5 Å². The van der Waals surface area contributed by atoms with Gasteiger partial charge in [-0.05, 0) is 48.5 Å². The van der Waals surface area contributed by atoms with Gasteiger partial charge in [0.05, 0.1) is 38.6 Å². The summed E-state index contributed by atoms with van der Waals surface area (Å²) in [6, 6.07) is 25.0. The van der Waals surface area contributed by atoms with Crippen LogP contribution in [-0.2, 0) is 20.0 Å². The van der Waals surface area contributed by atoms with Gasteiger partial charge >= 0.3 is 0 Å². The van der Waals surface area contributed by atoms with Gasteiger partial charge in [-0.15, -0.1) is 22.7 Å². The second kappa shape index (κ2) is 18.9. The molecule has 4 aromatic carbocycles. The number of thiazole rings is 2. The lowest BCUT2D eigenvalue weighted by Gasteiger charge is -2.34. The number of piperazine rings is 2. The third-order valence-electron chi connectivity index (χ3n) is 9.56. The van der Waals surface area contributed by atoms with Gasteiger partial charge in [-0.1, -0.05) is 98.7 Å². The number of nitrogens with zero attached hydrogens (tertiary/aromatic N) is 6. The third kappa shape index (κ3) is 9.89. The second-order valence-corrected chi connectivity index (χ2v) is 21.1. The lowest BCUT2D eigenvalue weighted by molar-refractivity contribution is 0.384. The van der Waals surface area contributed by atoms with Crippen molar-refractivity contribution in [3.05, 3.63) is 120 Å². The van der Waals surface area contributed by atoms with Gasteiger partial charge in [0.25, 0.3) is 0 Å². The van der Waals surface area contributed by atoms with Crippen molar-refractivity contribution < 1.29 is 21.6 Å². The summed E-state index contributed by atoms with van der Waals surface area (Å²) in [4.78, 5) is 13.8. The molecule has 2 aromatic heterocycles. The molecule has 4 heterocycles. The maximum absolute atomic E-state index is 13.0. The van der Waals surface area contributed by atoms with E-state index >= 15 is 0 Å². The highest BCUT2D eigenvalue weighted by molar-refractivity contribution is 9.10. The van der Waals surface area contributed by atoms with E-state index in [4.69, 9.17) is 61.1 Å². The fourth-order valence-corrected chi connectivity index (χ4v) is 12.9. The van der Waals surface area contributed by atoms with Crippen molar-refractivity contribution >= 4 is 115 Å². The van der Waals surface area contributed by atoms with Crippen LogP contribution in [-0.4, -0.2) is 94.9 Å². The van der Waals surface area contributed by atoms with E-state index in [0.717, 1.165) is 43.0 Å². The Morgan fingerprint density at radius 2 is 1.02 bits per heavy atom. The van der Waals surface area contributed by atoms with Crippen LogP contribution in [0.15, 0.2) is 110 Å². The second-order valence-electron chi connectivity index (χ2n) is 13.2. The number of methoxy groups -OCH3 is 1. The Morgan fingerprint density at radius 1 is 0.593 bits per heavy atom. The number of rotatable bonds is 9. The molecule has 6 aromatic rings. The Balaban J connectivity index is 0.000000179. The minimum Gasteiger partial charge on any atom is -0.497 e. The molecular weight excluding hydrogens is 982 g/mol. The predicted octanol–water partition coefficient (Wildman–Crippen LogP) is 10.0. The Hall–Kier alpha value is -3.00. The third-order valence-corrected chi connectivity index (χ3v) is 17.6. The van der Waals surface area contributed by atoms with Gasteiger partial charge in [-0.2, -0.15) is 8.61 Å². The van der Waals surface area contributed by atoms with Gasteiger partial charge in [0.2, 0.25) is 20.0 Å². The molecule has 0 amide bonds. The number of halogens is 5. The van der Waals surface area contributed by atoms with Crippen molar-refractivity contribution in [1.29, 1.82) is 0 Å². The molecule has 0 saturated carbocycles. The summed E-state index contributed by atoms with van der Waals surface area (Å²) in [5.74, 6) is 0.778. The first-order valence-corrected chi connectivity index (χ1v) is 24.9. The smallest absolute Gasteiger partial charge is 0.244 e. The lowest BCUT2D eigenvalue weighted by atomic mass is 10.2. The summed E-state index contributed by atoms with van der Waals surface area (Å²) in [5, 5.41) is 6.35. The summed E-state index contributed by atoms with van der Waals surface area (Å²) in [5.41, 5.74) is 3.80. The fourth-order valence-electron chi connectivity index (χ4n) is 6.40. The van der Waals surface area contributed by atoms with Crippen LogP contribution in [0.5, 0.6) is 5.75 Å². The average Bonchev–Trinajstić information content (AvgIpc) is 3.95. The molecule has 0 N–H and O–H groups in total. The number of anilines is 2. The van der Waals surface area contributed by atoms with Crippen molar-refractivity contribution in [2.75, 3.05) is 69.3 Å². The van der Waals surface area contributed by atoms with Crippen LogP contribution < -0.4 is 14.5 Å². The van der Waals surface area contributed by atoms with Gasteiger partial charge in [0.1, 0.15) is 15.5 Å². The number of hydrogen-bond donors (Lipinski definition) is 0. The zero-order chi connectivity index (χ0) is 41.9. The molecule has 310 valence electrons. The topological polar surface area (TPSA) is 116 Å². The van der Waals surface area contributed by atoms with E-state index < -0.39 is 20.0 Å². The fraction of sp³-hybridized carbons (Fsp3) is 0.231. The van der Waals surface area contributed by atoms with Crippen molar-refractivity contribution in [2.24, 2.45) is 0 Å². The number of benzene rings is 4. The quantitative estimate of drug-likeness (QED) is 0.140. The van der Waals surface area contributed by atoms with Crippen LogP contribution in [0, 0.1) is 0 Å². The van der Waals surface area contributed by atoms with E-state index in [1.165, 1.54) is 20.7 Å². The normalized spacial score (nSPS) is 15.5. The molecular formula is C39H35BrCl4N6O5S4.